The van der Waals surface area contributed by atoms with Gasteiger partial charge in [0, 0.05) is 23.0 Å². The van der Waals surface area contributed by atoms with Gasteiger partial charge in [-0.15, -0.1) is 0 Å². The summed E-state index contributed by atoms with van der Waals surface area (Å²) in [5, 5.41) is 0. The van der Waals surface area contributed by atoms with Crippen molar-refractivity contribution >= 4 is 0 Å². The van der Waals surface area contributed by atoms with Crippen molar-refractivity contribution in [2.45, 2.75) is 44.9 Å². The number of hydrogen-bond acceptors (Lipinski definition) is 1. The van der Waals surface area contributed by atoms with Crippen LogP contribution in [0.3, 0.4) is 0 Å². The second-order valence-corrected chi connectivity index (χ2v) is 7.28. The van der Waals surface area contributed by atoms with Crippen LogP contribution in [0.2, 0.25) is 0 Å². The van der Waals surface area contributed by atoms with Crippen molar-refractivity contribution < 1.29 is 0 Å². The Bertz CT molecular complexity index is 935. The lowest BCUT2D eigenvalue weighted by Gasteiger charge is -2.29. The average molecular weight is 343 g/mol. The van der Waals surface area contributed by atoms with Gasteiger partial charge in [0.1, 0.15) is 0 Å². The van der Waals surface area contributed by atoms with E-state index < -0.39 is 0 Å². The molecule has 2 nitrogen and oxygen atoms in total. The zero-order valence-corrected chi connectivity index (χ0v) is 15.3. The Hall–Kier alpha value is -2.61. The van der Waals surface area contributed by atoms with Gasteiger partial charge in [0.2, 0.25) is 0 Å². The van der Waals surface area contributed by atoms with E-state index in [9.17, 15) is 4.79 Å². The first-order valence-electron chi connectivity index (χ1n) is 9.63. The number of aromatic nitrogens is 1. The first-order chi connectivity index (χ1) is 12.8. The number of benzene rings is 2. The molecule has 1 aliphatic rings. The van der Waals surface area contributed by atoms with Crippen LogP contribution >= 0.6 is 0 Å². The molecule has 2 heteroatoms. The second kappa shape index (κ2) is 7.33. The zero-order valence-electron chi connectivity index (χ0n) is 15.3. The van der Waals surface area contributed by atoms with Crippen LogP contribution in [0.4, 0.5) is 0 Å². The summed E-state index contributed by atoms with van der Waals surface area (Å²) >= 11 is 0. The lowest BCUT2D eigenvalue weighted by Crippen LogP contribution is -2.22. The number of para-hydroxylation sites is 1. The van der Waals surface area contributed by atoms with E-state index in [1.165, 1.54) is 37.8 Å². The van der Waals surface area contributed by atoms with Gasteiger partial charge in [-0.25, -0.2) is 0 Å². The van der Waals surface area contributed by atoms with Gasteiger partial charge in [-0.2, -0.15) is 0 Å². The van der Waals surface area contributed by atoms with Crippen molar-refractivity contribution in [3.63, 3.8) is 0 Å². The molecule has 3 aromatic rings. The SMILES string of the molecule is Cc1c(C2CCCCC2)n(-c2ccccc2)c(-c2ccccc2)cc1=O. The largest absolute Gasteiger partial charge is 0.313 e. The summed E-state index contributed by atoms with van der Waals surface area (Å²) in [7, 11) is 0. The smallest absolute Gasteiger partial charge is 0.185 e. The fraction of sp³-hybridized carbons (Fsp3) is 0.292. The van der Waals surface area contributed by atoms with E-state index in [-0.39, 0.29) is 5.43 Å². The summed E-state index contributed by atoms with van der Waals surface area (Å²) < 4.78 is 2.34. The van der Waals surface area contributed by atoms with Crippen LogP contribution in [0.5, 0.6) is 0 Å². The maximum Gasteiger partial charge on any atom is 0.185 e. The molecule has 1 heterocycles. The molecule has 0 amide bonds. The summed E-state index contributed by atoms with van der Waals surface area (Å²) in [5.41, 5.74) is 5.48. The minimum absolute atomic E-state index is 0.150. The molecule has 0 saturated heterocycles. The Morgan fingerprint density at radius 3 is 2.12 bits per heavy atom. The van der Waals surface area contributed by atoms with Gasteiger partial charge >= 0.3 is 0 Å². The summed E-state index contributed by atoms with van der Waals surface area (Å²) in [6.45, 7) is 2.00. The monoisotopic (exact) mass is 343 g/mol. The molecule has 26 heavy (non-hydrogen) atoms. The molecule has 0 radical (unpaired) electrons. The highest BCUT2D eigenvalue weighted by Gasteiger charge is 2.24. The number of hydrogen-bond donors (Lipinski definition) is 0. The first kappa shape index (κ1) is 16.8. The van der Waals surface area contributed by atoms with E-state index >= 15 is 0 Å². The molecule has 1 aromatic heterocycles. The van der Waals surface area contributed by atoms with Crippen LogP contribution in [0.25, 0.3) is 16.9 Å². The highest BCUT2D eigenvalue weighted by atomic mass is 16.1. The third-order valence-electron chi connectivity index (χ3n) is 5.58. The van der Waals surface area contributed by atoms with E-state index in [1.54, 1.807) is 0 Å². The fourth-order valence-corrected chi connectivity index (χ4v) is 4.26. The molecular formula is C24H25NO. The zero-order chi connectivity index (χ0) is 17.9. The molecule has 4 rings (SSSR count). The minimum atomic E-state index is 0.150. The Morgan fingerprint density at radius 2 is 1.46 bits per heavy atom. The Morgan fingerprint density at radius 1 is 0.846 bits per heavy atom. The maximum atomic E-state index is 12.8. The standard InChI is InChI=1S/C24H25NO/c1-18-23(26)17-22(19-11-5-2-6-12-19)25(21-15-9-4-10-16-21)24(18)20-13-7-3-8-14-20/h2,4-6,9-12,15-17,20H,3,7-8,13-14H2,1H3. The van der Waals surface area contributed by atoms with Crippen molar-refractivity contribution in [3.8, 4) is 16.9 Å². The van der Waals surface area contributed by atoms with Crippen LogP contribution in [-0.2, 0) is 0 Å². The van der Waals surface area contributed by atoms with Gasteiger partial charge in [-0.05, 0) is 43.4 Å². The van der Waals surface area contributed by atoms with Gasteiger partial charge in [0.15, 0.2) is 5.43 Å². The van der Waals surface area contributed by atoms with Gasteiger partial charge in [0.25, 0.3) is 0 Å². The molecule has 0 spiro atoms. The molecule has 0 unspecified atom stereocenters. The summed E-state index contributed by atoms with van der Waals surface area (Å²) in [6, 6.07) is 22.6. The van der Waals surface area contributed by atoms with Gasteiger partial charge in [0.05, 0.1) is 5.69 Å². The van der Waals surface area contributed by atoms with Crippen LogP contribution in [0, 0.1) is 6.92 Å². The van der Waals surface area contributed by atoms with Crippen molar-refractivity contribution in [3.05, 3.63) is 88.2 Å². The van der Waals surface area contributed by atoms with Crippen molar-refractivity contribution in [2.24, 2.45) is 0 Å². The van der Waals surface area contributed by atoms with E-state index in [2.05, 4.69) is 41.0 Å². The van der Waals surface area contributed by atoms with E-state index in [0.29, 0.717) is 5.92 Å². The predicted octanol–water partition coefficient (Wildman–Crippen LogP) is 5.86. The minimum Gasteiger partial charge on any atom is -0.313 e. The molecule has 1 aliphatic carbocycles. The maximum absolute atomic E-state index is 12.8. The summed E-state index contributed by atoms with van der Waals surface area (Å²) in [5.74, 6) is 0.459. The van der Waals surface area contributed by atoms with Gasteiger partial charge in [-0.1, -0.05) is 67.8 Å². The van der Waals surface area contributed by atoms with Crippen molar-refractivity contribution in [1.82, 2.24) is 4.57 Å². The van der Waals surface area contributed by atoms with Crippen molar-refractivity contribution in [1.29, 1.82) is 0 Å². The normalized spacial score (nSPS) is 15.1. The third kappa shape index (κ3) is 3.12. The molecule has 1 saturated carbocycles. The summed E-state index contributed by atoms with van der Waals surface area (Å²) in [6.07, 6.45) is 6.16. The van der Waals surface area contributed by atoms with Crippen LogP contribution in [-0.4, -0.2) is 4.57 Å². The number of rotatable bonds is 3. The average Bonchev–Trinajstić information content (AvgIpc) is 2.71. The lowest BCUT2D eigenvalue weighted by molar-refractivity contribution is 0.430. The number of nitrogens with zero attached hydrogens (tertiary/aromatic N) is 1. The van der Waals surface area contributed by atoms with Crippen LogP contribution in [0.1, 0.15) is 49.3 Å². The highest BCUT2D eigenvalue weighted by Crippen LogP contribution is 2.37. The Kier molecular flexibility index (Phi) is 4.75. The molecule has 0 atom stereocenters. The van der Waals surface area contributed by atoms with E-state index in [4.69, 9.17) is 0 Å². The fourth-order valence-electron chi connectivity index (χ4n) is 4.26. The predicted molar refractivity (Wildman–Crippen MR) is 108 cm³/mol. The first-order valence-corrected chi connectivity index (χ1v) is 9.63. The molecule has 0 bridgehead atoms. The second-order valence-electron chi connectivity index (χ2n) is 7.28. The molecule has 0 N–H and O–H groups in total. The highest BCUT2D eigenvalue weighted by molar-refractivity contribution is 5.64. The molecular weight excluding hydrogens is 318 g/mol. The Balaban J connectivity index is 2.03. The topological polar surface area (TPSA) is 22.0 Å². The lowest BCUT2D eigenvalue weighted by atomic mass is 9.84. The van der Waals surface area contributed by atoms with Crippen LogP contribution in [0.15, 0.2) is 71.5 Å². The quantitative estimate of drug-likeness (QED) is 0.584. The van der Waals surface area contributed by atoms with Gasteiger partial charge in [-0.3, -0.25) is 4.79 Å². The molecule has 0 aliphatic heterocycles. The van der Waals surface area contributed by atoms with Gasteiger partial charge < -0.3 is 4.57 Å². The molecule has 1 fully saturated rings. The summed E-state index contributed by atoms with van der Waals surface area (Å²) in [4.78, 5) is 12.8. The van der Waals surface area contributed by atoms with Crippen LogP contribution < -0.4 is 5.43 Å². The number of pyridine rings is 1. The Labute approximate surface area is 155 Å². The molecule has 2 aromatic carbocycles. The van der Waals surface area contributed by atoms with E-state index in [0.717, 1.165) is 22.5 Å². The third-order valence-corrected chi connectivity index (χ3v) is 5.58. The van der Waals surface area contributed by atoms with E-state index in [1.807, 2.05) is 37.3 Å². The van der Waals surface area contributed by atoms with Crippen molar-refractivity contribution in [2.75, 3.05) is 0 Å². The molecule has 132 valence electrons.